The normalized spacial score (nSPS) is 11.3. The highest BCUT2D eigenvalue weighted by atomic mass is 32.1. The van der Waals surface area contributed by atoms with Crippen molar-refractivity contribution in [2.45, 2.75) is 19.7 Å². The minimum atomic E-state index is -4.71. The van der Waals surface area contributed by atoms with E-state index in [-0.39, 0.29) is 5.75 Å². The molecule has 0 radical (unpaired) electrons. The Morgan fingerprint density at radius 1 is 1.10 bits per heavy atom. The van der Waals surface area contributed by atoms with Crippen LogP contribution in [0.4, 0.5) is 18.9 Å². The van der Waals surface area contributed by atoms with Gasteiger partial charge in [-0.05, 0) is 73.6 Å². The van der Waals surface area contributed by atoms with E-state index in [9.17, 15) is 13.2 Å². The molecule has 2 aromatic carbocycles. The van der Waals surface area contributed by atoms with Crippen molar-refractivity contribution in [1.82, 2.24) is 10.3 Å². The van der Waals surface area contributed by atoms with Crippen LogP contribution in [0.25, 0.3) is 10.9 Å². The number of nitrogens with one attached hydrogen (secondary N) is 3. The number of ether oxygens (including phenoxy) is 2. The zero-order valence-corrected chi connectivity index (χ0v) is 16.6. The third-order valence-electron chi connectivity index (χ3n) is 4.33. The van der Waals surface area contributed by atoms with E-state index in [1.165, 1.54) is 29.8 Å². The molecule has 0 unspecified atom stereocenters. The van der Waals surface area contributed by atoms with Gasteiger partial charge in [-0.2, -0.15) is 0 Å². The summed E-state index contributed by atoms with van der Waals surface area (Å²) >= 11 is 5.26. The van der Waals surface area contributed by atoms with Gasteiger partial charge in [0.1, 0.15) is 11.5 Å². The summed E-state index contributed by atoms with van der Waals surface area (Å²) in [6.45, 7) is 2.61. The fourth-order valence-electron chi connectivity index (χ4n) is 3.03. The number of thiocarbonyl (C=S) groups is 1. The molecule has 1 aromatic heterocycles. The van der Waals surface area contributed by atoms with Crippen LogP contribution < -0.4 is 20.1 Å². The van der Waals surface area contributed by atoms with Crippen molar-refractivity contribution >= 4 is 33.9 Å². The highest BCUT2D eigenvalue weighted by Crippen LogP contribution is 2.27. The Morgan fingerprint density at radius 3 is 2.45 bits per heavy atom. The molecule has 0 saturated carbocycles. The largest absolute Gasteiger partial charge is 0.573 e. The molecule has 0 fully saturated rings. The Bertz CT molecular complexity index is 1000. The topological polar surface area (TPSA) is 58.3 Å². The first-order valence-corrected chi connectivity index (χ1v) is 9.22. The summed E-state index contributed by atoms with van der Waals surface area (Å²) in [6.07, 6.45) is -3.98. The maximum Gasteiger partial charge on any atom is 0.573 e. The molecule has 0 bridgehead atoms. The van der Waals surface area contributed by atoms with Gasteiger partial charge in [-0.3, -0.25) is 0 Å². The summed E-state index contributed by atoms with van der Waals surface area (Å²) in [5, 5.41) is 7.52. The van der Waals surface area contributed by atoms with Crippen LogP contribution in [0.5, 0.6) is 11.5 Å². The molecular weight excluding hydrogens is 403 g/mol. The number of halogens is 3. The minimum Gasteiger partial charge on any atom is -0.497 e. The summed E-state index contributed by atoms with van der Waals surface area (Å²) in [7, 11) is 1.63. The van der Waals surface area contributed by atoms with Gasteiger partial charge in [-0.25, -0.2) is 0 Å². The second kappa shape index (κ2) is 8.60. The lowest BCUT2D eigenvalue weighted by atomic mass is 10.1. The van der Waals surface area contributed by atoms with Gasteiger partial charge >= 0.3 is 6.36 Å². The number of anilines is 1. The first-order chi connectivity index (χ1) is 13.7. The van der Waals surface area contributed by atoms with Crippen molar-refractivity contribution < 1.29 is 22.6 Å². The zero-order chi connectivity index (χ0) is 21.0. The Morgan fingerprint density at radius 2 is 1.79 bits per heavy atom. The lowest BCUT2D eigenvalue weighted by Gasteiger charge is -2.12. The molecule has 0 amide bonds. The summed E-state index contributed by atoms with van der Waals surface area (Å²) in [5.41, 5.74) is 3.85. The van der Waals surface area contributed by atoms with Gasteiger partial charge in [-0.1, -0.05) is 0 Å². The van der Waals surface area contributed by atoms with Crippen molar-refractivity contribution in [3.8, 4) is 11.5 Å². The van der Waals surface area contributed by atoms with Gasteiger partial charge in [-0.15, -0.1) is 13.2 Å². The van der Waals surface area contributed by atoms with Crippen molar-refractivity contribution in [1.29, 1.82) is 0 Å². The Hall–Kier alpha value is -2.94. The molecule has 154 valence electrons. The number of methoxy groups -OCH3 is 1. The van der Waals surface area contributed by atoms with E-state index in [4.69, 9.17) is 17.0 Å². The summed E-state index contributed by atoms with van der Waals surface area (Å²) < 4.78 is 45.7. The zero-order valence-electron chi connectivity index (χ0n) is 15.8. The monoisotopic (exact) mass is 423 g/mol. The van der Waals surface area contributed by atoms with E-state index in [0.717, 1.165) is 28.8 Å². The molecule has 5 nitrogen and oxygen atoms in total. The van der Waals surface area contributed by atoms with E-state index in [1.54, 1.807) is 7.11 Å². The molecule has 3 aromatic rings. The number of aromatic nitrogens is 1. The van der Waals surface area contributed by atoms with Crippen LogP contribution in [0.3, 0.4) is 0 Å². The van der Waals surface area contributed by atoms with Crippen LogP contribution in [0, 0.1) is 6.92 Å². The van der Waals surface area contributed by atoms with Gasteiger partial charge in [0.25, 0.3) is 0 Å². The predicted molar refractivity (Wildman–Crippen MR) is 111 cm³/mol. The minimum absolute atomic E-state index is 0.285. The van der Waals surface area contributed by atoms with E-state index >= 15 is 0 Å². The number of benzene rings is 2. The molecule has 29 heavy (non-hydrogen) atoms. The molecule has 0 aliphatic heterocycles. The lowest BCUT2D eigenvalue weighted by Crippen LogP contribution is -2.30. The molecule has 0 aliphatic rings. The molecule has 3 rings (SSSR count). The molecule has 0 aliphatic carbocycles. The Kier molecular flexibility index (Phi) is 6.17. The van der Waals surface area contributed by atoms with Crippen molar-refractivity contribution in [3.05, 3.63) is 53.7 Å². The quantitative estimate of drug-likeness (QED) is 0.492. The third-order valence-corrected chi connectivity index (χ3v) is 4.58. The van der Waals surface area contributed by atoms with E-state index < -0.39 is 6.36 Å². The van der Waals surface area contributed by atoms with Gasteiger partial charge in [0.05, 0.1) is 7.11 Å². The molecule has 0 atom stereocenters. The third kappa shape index (κ3) is 5.54. The number of hydrogen-bond acceptors (Lipinski definition) is 3. The second-order valence-corrected chi connectivity index (χ2v) is 6.75. The first kappa shape index (κ1) is 20.8. The van der Waals surface area contributed by atoms with E-state index in [0.29, 0.717) is 17.3 Å². The number of alkyl halides is 3. The summed E-state index contributed by atoms with van der Waals surface area (Å²) in [6, 6.07) is 11.3. The van der Waals surface area contributed by atoms with Gasteiger partial charge in [0, 0.05) is 28.8 Å². The van der Waals surface area contributed by atoms with Crippen molar-refractivity contribution in [3.63, 3.8) is 0 Å². The molecule has 0 saturated heterocycles. The van der Waals surface area contributed by atoms with Crippen molar-refractivity contribution in [2.75, 3.05) is 19.0 Å². The number of aryl methyl sites for hydroxylation is 1. The van der Waals surface area contributed by atoms with E-state index in [1.807, 2.05) is 25.1 Å². The van der Waals surface area contributed by atoms with Crippen LogP contribution >= 0.6 is 12.2 Å². The average molecular weight is 423 g/mol. The maximum absolute atomic E-state index is 12.2. The average Bonchev–Trinajstić information content (AvgIpc) is 2.97. The van der Waals surface area contributed by atoms with E-state index in [2.05, 4.69) is 20.4 Å². The van der Waals surface area contributed by atoms with Crippen LogP contribution in [0.1, 0.15) is 11.3 Å². The van der Waals surface area contributed by atoms with Crippen LogP contribution in [-0.4, -0.2) is 30.1 Å². The SMILES string of the molecule is COc1ccc2[nH]c(C)c(CCNC(=S)Nc3ccc(OC(F)(F)F)cc3)c2c1. The van der Waals surface area contributed by atoms with Crippen molar-refractivity contribution in [2.24, 2.45) is 0 Å². The summed E-state index contributed by atoms with van der Waals surface area (Å²) in [5.74, 6) is 0.507. The standard InChI is InChI=1S/C20H20F3N3O2S/c1-12-16(17-11-15(27-2)7-8-18(17)25-12)9-10-24-19(29)26-13-3-5-14(6-4-13)28-20(21,22)23/h3-8,11,25H,9-10H2,1-2H3,(H2,24,26,29). The van der Waals surface area contributed by atoms with Crippen LogP contribution in [-0.2, 0) is 6.42 Å². The predicted octanol–water partition coefficient (Wildman–Crippen LogP) is 4.91. The molecule has 0 spiro atoms. The lowest BCUT2D eigenvalue weighted by molar-refractivity contribution is -0.274. The summed E-state index contributed by atoms with van der Waals surface area (Å²) in [4.78, 5) is 3.35. The number of fused-ring (bicyclic) bond motifs is 1. The molecule has 9 heteroatoms. The number of H-pyrrole nitrogens is 1. The van der Waals surface area contributed by atoms with Crippen LogP contribution in [0.2, 0.25) is 0 Å². The Balaban J connectivity index is 1.55. The number of aromatic amines is 1. The maximum atomic E-state index is 12.2. The fourth-order valence-corrected chi connectivity index (χ4v) is 3.25. The van der Waals surface area contributed by atoms with Crippen LogP contribution in [0.15, 0.2) is 42.5 Å². The van der Waals surface area contributed by atoms with Gasteiger partial charge in [0.2, 0.25) is 0 Å². The first-order valence-electron chi connectivity index (χ1n) is 8.81. The fraction of sp³-hybridized carbons (Fsp3) is 0.250. The number of hydrogen-bond donors (Lipinski definition) is 3. The molecule has 1 heterocycles. The second-order valence-electron chi connectivity index (χ2n) is 6.34. The smallest absolute Gasteiger partial charge is 0.497 e. The highest BCUT2D eigenvalue weighted by Gasteiger charge is 2.30. The number of rotatable bonds is 6. The Labute approximate surface area is 171 Å². The highest BCUT2D eigenvalue weighted by molar-refractivity contribution is 7.80. The molecular formula is C20H20F3N3O2S. The van der Waals surface area contributed by atoms with Gasteiger partial charge in [0.15, 0.2) is 5.11 Å². The van der Waals surface area contributed by atoms with Gasteiger partial charge < -0.3 is 25.1 Å². The molecule has 3 N–H and O–H groups in total.